The number of morpholine rings is 1. The molecule has 0 radical (unpaired) electrons. The molecule has 0 bridgehead atoms. The van der Waals surface area contributed by atoms with Gasteiger partial charge in [0.15, 0.2) is 0 Å². The second-order valence-electron chi connectivity index (χ2n) is 5.61. The van der Waals surface area contributed by atoms with Crippen LogP contribution in [-0.4, -0.2) is 55.5 Å². The highest BCUT2D eigenvalue weighted by molar-refractivity contribution is 5.68. The summed E-state index contributed by atoms with van der Waals surface area (Å²) >= 11 is 0. The average Bonchev–Trinajstić information content (AvgIpc) is 2.27. The number of carbonyl (C=O) groups is 1. The van der Waals surface area contributed by atoms with Crippen molar-refractivity contribution >= 4 is 6.09 Å². The predicted octanol–water partition coefficient (Wildman–Crippen LogP) is 1.62. The Kier molecular flexibility index (Phi) is 5.88. The molecule has 1 aliphatic heterocycles. The number of nitrogens with one attached hydrogen (secondary N) is 1. The number of nitrogens with zero attached hydrogens (tertiary/aromatic N) is 1. The van der Waals surface area contributed by atoms with E-state index in [1.54, 1.807) is 4.90 Å². The van der Waals surface area contributed by atoms with Crippen LogP contribution in [-0.2, 0) is 9.47 Å². The van der Waals surface area contributed by atoms with E-state index in [1.807, 2.05) is 20.8 Å². The van der Waals surface area contributed by atoms with E-state index in [9.17, 15) is 4.79 Å². The highest BCUT2D eigenvalue weighted by Crippen LogP contribution is 2.14. The summed E-state index contributed by atoms with van der Waals surface area (Å²) in [7, 11) is 0. The van der Waals surface area contributed by atoms with Crippen molar-refractivity contribution < 1.29 is 14.3 Å². The molecular formula is C13H26N2O3. The molecule has 0 aromatic rings. The lowest BCUT2D eigenvalue weighted by atomic mass is 10.2. The molecule has 1 atom stereocenters. The Morgan fingerprint density at radius 3 is 2.83 bits per heavy atom. The molecule has 1 N–H and O–H groups in total. The van der Waals surface area contributed by atoms with Crippen molar-refractivity contribution in [3.8, 4) is 0 Å². The van der Waals surface area contributed by atoms with Crippen LogP contribution in [0.2, 0.25) is 0 Å². The molecule has 5 nitrogen and oxygen atoms in total. The molecule has 18 heavy (non-hydrogen) atoms. The fourth-order valence-electron chi connectivity index (χ4n) is 1.83. The van der Waals surface area contributed by atoms with Gasteiger partial charge < -0.3 is 14.8 Å². The quantitative estimate of drug-likeness (QED) is 0.779. The molecule has 0 spiro atoms. The van der Waals surface area contributed by atoms with Gasteiger partial charge in [0.2, 0.25) is 0 Å². The van der Waals surface area contributed by atoms with E-state index < -0.39 is 5.60 Å². The first-order valence-electron chi connectivity index (χ1n) is 6.72. The van der Waals surface area contributed by atoms with Crippen LogP contribution in [0.15, 0.2) is 0 Å². The Morgan fingerprint density at radius 2 is 2.22 bits per heavy atom. The zero-order valence-electron chi connectivity index (χ0n) is 12.0. The molecule has 0 aliphatic carbocycles. The average molecular weight is 258 g/mol. The van der Waals surface area contributed by atoms with Gasteiger partial charge in [-0.05, 0) is 33.7 Å². The Balaban J connectivity index is 2.50. The van der Waals surface area contributed by atoms with E-state index in [0.29, 0.717) is 19.8 Å². The third-order valence-electron chi connectivity index (χ3n) is 2.66. The third-order valence-corrected chi connectivity index (χ3v) is 2.66. The van der Waals surface area contributed by atoms with Gasteiger partial charge in [-0.25, -0.2) is 4.79 Å². The van der Waals surface area contributed by atoms with Gasteiger partial charge in [0.25, 0.3) is 0 Å². The molecular weight excluding hydrogens is 232 g/mol. The van der Waals surface area contributed by atoms with Gasteiger partial charge in [0.1, 0.15) is 5.60 Å². The summed E-state index contributed by atoms with van der Waals surface area (Å²) in [5.74, 6) is 0. The molecule has 1 unspecified atom stereocenters. The summed E-state index contributed by atoms with van der Waals surface area (Å²) in [5.41, 5.74) is -0.448. The largest absolute Gasteiger partial charge is 0.444 e. The first-order valence-corrected chi connectivity index (χ1v) is 6.72. The zero-order chi connectivity index (χ0) is 13.6. The van der Waals surface area contributed by atoms with Crippen molar-refractivity contribution in [1.29, 1.82) is 0 Å². The van der Waals surface area contributed by atoms with E-state index in [-0.39, 0.29) is 12.1 Å². The van der Waals surface area contributed by atoms with Gasteiger partial charge in [-0.2, -0.15) is 0 Å². The SMILES string of the molecule is CCCNCC1COCCN1C(=O)OC(C)(C)C. The minimum Gasteiger partial charge on any atom is -0.444 e. The Bertz CT molecular complexity index is 263. The number of amides is 1. The maximum absolute atomic E-state index is 12.1. The molecule has 5 heteroatoms. The lowest BCUT2D eigenvalue weighted by molar-refractivity contribution is -0.0316. The Morgan fingerprint density at radius 1 is 1.50 bits per heavy atom. The summed E-state index contributed by atoms with van der Waals surface area (Å²) in [4.78, 5) is 13.9. The first-order chi connectivity index (χ1) is 8.44. The molecule has 0 aromatic heterocycles. The van der Waals surface area contributed by atoms with Crippen molar-refractivity contribution in [3.05, 3.63) is 0 Å². The molecule has 1 amide bonds. The number of ether oxygens (including phenoxy) is 2. The van der Waals surface area contributed by atoms with Crippen LogP contribution < -0.4 is 5.32 Å². The van der Waals surface area contributed by atoms with Gasteiger partial charge in [0, 0.05) is 13.1 Å². The zero-order valence-corrected chi connectivity index (χ0v) is 12.0. The molecule has 0 saturated carbocycles. The van der Waals surface area contributed by atoms with Crippen LogP contribution in [0.25, 0.3) is 0 Å². The first kappa shape index (κ1) is 15.2. The standard InChI is InChI=1S/C13H26N2O3/c1-5-6-14-9-11-10-17-8-7-15(11)12(16)18-13(2,3)4/h11,14H,5-10H2,1-4H3. The maximum Gasteiger partial charge on any atom is 0.410 e. The van der Waals surface area contributed by atoms with Crippen molar-refractivity contribution in [3.63, 3.8) is 0 Å². The van der Waals surface area contributed by atoms with Crippen molar-refractivity contribution in [1.82, 2.24) is 10.2 Å². The number of hydrogen-bond donors (Lipinski definition) is 1. The fraction of sp³-hybridized carbons (Fsp3) is 0.923. The second kappa shape index (κ2) is 6.95. The lowest BCUT2D eigenvalue weighted by Gasteiger charge is -2.36. The van der Waals surface area contributed by atoms with Crippen LogP contribution in [0.3, 0.4) is 0 Å². The molecule has 1 fully saturated rings. The third kappa shape index (κ3) is 5.23. The monoisotopic (exact) mass is 258 g/mol. The fourth-order valence-corrected chi connectivity index (χ4v) is 1.83. The summed E-state index contributed by atoms with van der Waals surface area (Å²) in [6, 6.07) is 0.0696. The van der Waals surface area contributed by atoms with E-state index in [1.165, 1.54) is 0 Å². The molecule has 106 valence electrons. The number of rotatable bonds is 4. The highest BCUT2D eigenvalue weighted by atomic mass is 16.6. The van der Waals surface area contributed by atoms with Crippen LogP contribution in [0.5, 0.6) is 0 Å². The van der Waals surface area contributed by atoms with Crippen LogP contribution in [0.1, 0.15) is 34.1 Å². The summed E-state index contributed by atoms with van der Waals surface area (Å²) in [6.45, 7) is 11.3. The van der Waals surface area contributed by atoms with Gasteiger partial charge in [-0.1, -0.05) is 6.92 Å². The molecule has 1 heterocycles. The minimum absolute atomic E-state index is 0.0696. The maximum atomic E-state index is 12.1. The van der Waals surface area contributed by atoms with Gasteiger partial charge in [0.05, 0.1) is 19.3 Å². The van der Waals surface area contributed by atoms with Crippen LogP contribution in [0, 0.1) is 0 Å². The van der Waals surface area contributed by atoms with Crippen molar-refractivity contribution in [2.75, 3.05) is 32.8 Å². The van der Waals surface area contributed by atoms with Crippen molar-refractivity contribution in [2.45, 2.75) is 45.8 Å². The molecule has 1 rings (SSSR count). The van der Waals surface area contributed by atoms with E-state index in [2.05, 4.69) is 12.2 Å². The van der Waals surface area contributed by atoms with E-state index in [0.717, 1.165) is 19.5 Å². The second-order valence-corrected chi connectivity index (χ2v) is 5.61. The van der Waals surface area contributed by atoms with E-state index in [4.69, 9.17) is 9.47 Å². The van der Waals surface area contributed by atoms with Crippen molar-refractivity contribution in [2.24, 2.45) is 0 Å². The van der Waals surface area contributed by atoms with Gasteiger partial charge in [-0.15, -0.1) is 0 Å². The normalized spacial score (nSPS) is 20.9. The Hall–Kier alpha value is -0.810. The molecule has 0 aromatic carbocycles. The van der Waals surface area contributed by atoms with Gasteiger partial charge >= 0.3 is 6.09 Å². The van der Waals surface area contributed by atoms with Gasteiger partial charge in [-0.3, -0.25) is 4.90 Å². The highest BCUT2D eigenvalue weighted by Gasteiger charge is 2.30. The predicted molar refractivity (Wildman–Crippen MR) is 70.7 cm³/mol. The number of carbonyl (C=O) groups excluding carboxylic acids is 1. The smallest absolute Gasteiger partial charge is 0.410 e. The minimum atomic E-state index is -0.448. The summed E-state index contributed by atoms with van der Waals surface area (Å²) < 4.78 is 10.9. The van der Waals surface area contributed by atoms with Crippen LogP contribution >= 0.6 is 0 Å². The topological polar surface area (TPSA) is 50.8 Å². The number of hydrogen-bond acceptors (Lipinski definition) is 4. The molecule has 1 saturated heterocycles. The lowest BCUT2D eigenvalue weighted by Crippen LogP contribution is -2.54. The van der Waals surface area contributed by atoms with E-state index >= 15 is 0 Å². The Labute approximate surface area is 110 Å². The van der Waals surface area contributed by atoms with Crippen LogP contribution in [0.4, 0.5) is 4.79 Å². The summed E-state index contributed by atoms with van der Waals surface area (Å²) in [5, 5.41) is 3.32. The summed E-state index contributed by atoms with van der Waals surface area (Å²) in [6.07, 6.45) is 0.842. The molecule has 1 aliphatic rings.